The molecule has 4 atom stereocenters. The molecule has 3 N–H and O–H groups in total. The van der Waals surface area contributed by atoms with Crippen LogP contribution >= 0.6 is 11.8 Å². The molecule has 2 aromatic carbocycles. The first-order valence-electron chi connectivity index (χ1n) is 10.1. The van der Waals surface area contributed by atoms with Crippen LogP contribution in [0.1, 0.15) is 12.5 Å². The molecule has 1 aromatic heterocycles. The van der Waals surface area contributed by atoms with Crippen LogP contribution in [0.3, 0.4) is 0 Å². The van der Waals surface area contributed by atoms with Crippen LogP contribution in [0.2, 0.25) is 0 Å². The Labute approximate surface area is 192 Å². The lowest BCUT2D eigenvalue weighted by Crippen LogP contribution is -2.39. The maximum atomic E-state index is 13.5. The van der Waals surface area contributed by atoms with Gasteiger partial charge in [-0.05, 0) is 24.6 Å². The molecule has 0 radical (unpaired) electrons. The van der Waals surface area contributed by atoms with Crippen LogP contribution in [-0.2, 0) is 17.0 Å². The molecule has 0 aliphatic rings. The van der Waals surface area contributed by atoms with Gasteiger partial charge in [-0.2, -0.15) is 0 Å². The smallest absolute Gasteiger partial charge is 0.194 e. The monoisotopic (exact) mass is 483 g/mol. The quantitative estimate of drug-likeness (QED) is 0.285. The summed E-state index contributed by atoms with van der Waals surface area (Å²) < 4.78 is 47.3. The zero-order valence-corrected chi connectivity index (χ0v) is 18.5. The summed E-state index contributed by atoms with van der Waals surface area (Å²) in [5, 5.41) is 37.8. The highest BCUT2D eigenvalue weighted by Crippen LogP contribution is 2.26. The Bertz CT molecular complexity index is 1020. The highest BCUT2D eigenvalue weighted by Gasteiger charge is 2.27. The topological polar surface area (TPSA) is 101 Å². The largest absolute Gasteiger partial charge is 0.394 e. The molecular weight excluding hydrogens is 459 g/mol. The third-order valence-corrected chi connectivity index (χ3v) is 6.04. The van der Waals surface area contributed by atoms with E-state index in [2.05, 4.69) is 10.3 Å². The fourth-order valence-corrected chi connectivity index (χ4v) is 4.05. The van der Waals surface area contributed by atoms with Gasteiger partial charge in [-0.1, -0.05) is 35.5 Å². The van der Waals surface area contributed by atoms with Gasteiger partial charge in [-0.15, -0.1) is 16.9 Å². The summed E-state index contributed by atoms with van der Waals surface area (Å²) in [6, 6.07) is 11.1. The normalized spacial score (nSPS) is 15.2. The number of thioether (sulfide) groups is 1. The van der Waals surface area contributed by atoms with E-state index in [4.69, 9.17) is 4.74 Å². The molecule has 0 fully saturated rings. The molecule has 7 nitrogen and oxygen atoms in total. The summed E-state index contributed by atoms with van der Waals surface area (Å²) in [7, 11) is 0. The van der Waals surface area contributed by atoms with Gasteiger partial charge >= 0.3 is 0 Å². The maximum Gasteiger partial charge on any atom is 0.194 e. The van der Waals surface area contributed by atoms with Gasteiger partial charge in [-0.3, -0.25) is 0 Å². The molecule has 0 bridgehead atoms. The van der Waals surface area contributed by atoms with Crippen molar-refractivity contribution < 1.29 is 33.2 Å². The Morgan fingerprint density at radius 2 is 1.76 bits per heavy atom. The first kappa shape index (κ1) is 25.2. The summed E-state index contributed by atoms with van der Waals surface area (Å²) >= 11 is 1.27. The molecule has 0 amide bonds. The molecule has 178 valence electrons. The number of nitrogens with zero attached hydrogens (tertiary/aromatic N) is 3. The van der Waals surface area contributed by atoms with E-state index in [0.29, 0.717) is 5.75 Å². The van der Waals surface area contributed by atoms with Crippen LogP contribution in [0.4, 0.5) is 13.2 Å². The summed E-state index contributed by atoms with van der Waals surface area (Å²) in [5.41, 5.74) is 0.231. The zero-order chi connectivity index (χ0) is 24.0. The number of aliphatic hydroxyl groups is 3. The Hall–Kier alpha value is -2.44. The van der Waals surface area contributed by atoms with E-state index >= 15 is 0 Å². The number of halogens is 3. The minimum atomic E-state index is -1.58. The van der Waals surface area contributed by atoms with Crippen LogP contribution in [0, 0.1) is 17.5 Å². The minimum absolute atomic E-state index is 0.00663. The Kier molecular flexibility index (Phi) is 8.87. The fraction of sp³-hybridized carbons (Fsp3) is 0.364. The van der Waals surface area contributed by atoms with Crippen molar-refractivity contribution in [1.29, 1.82) is 0 Å². The van der Waals surface area contributed by atoms with Crippen molar-refractivity contribution in [3.63, 3.8) is 0 Å². The van der Waals surface area contributed by atoms with Crippen molar-refractivity contribution in [2.24, 2.45) is 0 Å². The first-order valence-corrected chi connectivity index (χ1v) is 11.2. The molecule has 2 unspecified atom stereocenters. The van der Waals surface area contributed by atoms with Crippen molar-refractivity contribution in [3.8, 4) is 11.3 Å². The standard InChI is InChI=1S/C22H24F3N3O4S/c1-13(30)20(11-29)32-22(33-12-14-5-3-2-4-6-14)19(31)10-28-9-18(26-27-28)15-7-16(23)21(25)17(24)8-15/h2-9,13,19-20,22,29-31H,10-12H2,1H3/t13-,19+,20?,22?/m1/s1. The second kappa shape index (κ2) is 11.6. The van der Waals surface area contributed by atoms with Crippen molar-refractivity contribution in [2.75, 3.05) is 6.61 Å². The van der Waals surface area contributed by atoms with Crippen molar-refractivity contribution >= 4 is 11.8 Å². The summed E-state index contributed by atoms with van der Waals surface area (Å²) in [6.45, 7) is 0.933. The molecule has 0 saturated heterocycles. The van der Waals surface area contributed by atoms with Gasteiger partial charge in [0, 0.05) is 11.3 Å². The van der Waals surface area contributed by atoms with Gasteiger partial charge in [0.05, 0.1) is 25.5 Å². The van der Waals surface area contributed by atoms with Gasteiger partial charge < -0.3 is 20.1 Å². The predicted octanol–water partition coefficient (Wildman–Crippen LogP) is 2.74. The minimum Gasteiger partial charge on any atom is -0.394 e. The molecule has 11 heteroatoms. The van der Waals surface area contributed by atoms with Gasteiger partial charge in [0.25, 0.3) is 0 Å². The van der Waals surface area contributed by atoms with E-state index < -0.39 is 47.8 Å². The van der Waals surface area contributed by atoms with Crippen molar-refractivity contribution in [1.82, 2.24) is 15.0 Å². The lowest BCUT2D eigenvalue weighted by Gasteiger charge is -2.28. The number of aliphatic hydroxyl groups excluding tert-OH is 3. The van der Waals surface area contributed by atoms with Crippen molar-refractivity contribution in [3.05, 3.63) is 71.7 Å². The first-order chi connectivity index (χ1) is 15.8. The van der Waals surface area contributed by atoms with Crippen LogP contribution in [-0.4, -0.2) is 60.7 Å². The molecule has 33 heavy (non-hydrogen) atoms. The van der Waals surface area contributed by atoms with Crippen LogP contribution < -0.4 is 0 Å². The van der Waals surface area contributed by atoms with E-state index in [1.165, 1.54) is 29.6 Å². The van der Waals surface area contributed by atoms with Gasteiger partial charge in [-0.25, -0.2) is 17.9 Å². The molecule has 1 heterocycles. The zero-order valence-electron chi connectivity index (χ0n) is 17.7. The summed E-state index contributed by atoms with van der Waals surface area (Å²) in [6.07, 6.45) is -1.66. The maximum absolute atomic E-state index is 13.5. The van der Waals surface area contributed by atoms with Gasteiger partial charge in [0.15, 0.2) is 17.5 Å². The average molecular weight is 484 g/mol. The third kappa shape index (κ3) is 6.78. The second-order valence-electron chi connectivity index (χ2n) is 7.41. The van der Waals surface area contributed by atoms with Crippen LogP contribution in [0.15, 0.2) is 48.7 Å². The van der Waals surface area contributed by atoms with E-state index in [0.717, 1.165) is 17.7 Å². The van der Waals surface area contributed by atoms with Gasteiger partial charge in [0.2, 0.25) is 0 Å². The van der Waals surface area contributed by atoms with Crippen LogP contribution in [0.25, 0.3) is 11.3 Å². The molecule has 0 spiro atoms. The highest BCUT2D eigenvalue weighted by molar-refractivity contribution is 7.99. The Morgan fingerprint density at radius 1 is 1.09 bits per heavy atom. The molecule has 0 aliphatic carbocycles. The second-order valence-corrected chi connectivity index (χ2v) is 8.50. The number of aromatic nitrogens is 3. The Balaban J connectivity index is 1.73. The van der Waals surface area contributed by atoms with E-state index in [-0.39, 0.29) is 17.8 Å². The molecule has 3 rings (SSSR count). The predicted molar refractivity (Wildman–Crippen MR) is 117 cm³/mol. The number of ether oxygens (including phenoxy) is 1. The molecule has 0 aliphatic heterocycles. The average Bonchev–Trinajstić information content (AvgIpc) is 3.26. The molecular formula is C22H24F3N3O4S. The van der Waals surface area contributed by atoms with E-state index in [9.17, 15) is 28.5 Å². The molecule has 3 aromatic rings. The number of benzene rings is 2. The third-order valence-electron chi connectivity index (χ3n) is 4.79. The Morgan fingerprint density at radius 3 is 2.36 bits per heavy atom. The highest BCUT2D eigenvalue weighted by atomic mass is 32.2. The van der Waals surface area contributed by atoms with Crippen molar-refractivity contribution in [2.45, 2.75) is 43.0 Å². The van der Waals surface area contributed by atoms with Crippen LogP contribution in [0.5, 0.6) is 0 Å². The number of hydrogen-bond donors (Lipinski definition) is 3. The number of hydrogen-bond acceptors (Lipinski definition) is 7. The SMILES string of the molecule is C[C@@H](O)C(CO)OC(SCc1ccccc1)[C@@H](O)Cn1cc(-c2cc(F)c(F)c(F)c2)nn1. The van der Waals surface area contributed by atoms with Gasteiger partial charge in [0.1, 0.15) is 23.3 Å². The lowest BCUT2D eigenvalue weighted by molar-refractivity contribution is -0.0972. The van der Waals surface area contributed by atoms with E-state index in [1.807, 2.05) is 30.3 Å². The fourth-order valence-electron chi connectivity index (χ4n) is 2.98. The lowest BCUT2D eigenvalue weighted by atomic mass is 10.1. The summed E-state index contributed by atoms with van der Waals surface area (Å²) in [4.78, 5) is 0. The number of rotatable bonds is 11. The molecule has 0 saturated carbocycles. The summed E-state index contributed by atoms with van der Waals surface area (Å²) in [5.74, 6) is -3.78. The van der Waals surface area contributed by atoms with E-state index in [1.54, 1.807) is 0 Å².